The molecule has 2 aromatic rings. The molecule has 1 N–H and O–H groups in total. The van der Waals surface area contributed by atoms with Gasteiger partial charge in [-0.1, -0.05) is 43.6 Å². The number of hydrogen-bond donors (Lipinski definition) is 1. The van der Waals surface area contributed by atoms with Gasteiger partial charge in [0.15, 0.2) is 17.6 Å². The molecule has 1 aliphatic heterocycles. The minimum Gasteiger partial charge on any atom is -0.493 e. The van der Waals surface area contributed by atoms with Crippen molar-refractivity contribution in [1.29, 1.82) is 0 Å². The fraction of sp³-hybridized carbons (Fsp3) is 0.417. The summed E-state index contributed by atoms with van der Waals surface area (Å²) in [6, 6.07) is 10.3. The van der Waals surface area contributed by atoms with Gasteiger partial charge in [0.25, 0.3) is 5.91 Å². The molecule has 3 rings (SSSR count). The van der Waals surface area contributed by atoms with Gasteiger partial charge < -0.3 is 24.3 Å². The summed E-state index contributed by atoms with van der Waals surface area (Å²) in [6.45, 7) is 6.50. The lowest BCUT2D eigenvalue weighted by atomic mass is 10.0. The topological polar surface area (TPSA) is 83.1 Å². The van der Waals surface area contributed by atoms with E-state index in [1.807, 2.05) is 38.1 Å². The first-order valence-corrected chi connectivity index (χ1v) is 10.9. The van der Waals surface area contributed by atoms with Crippen molar-refractivity contribution in [3.8, 4) is 17.2 Å². The van der Waals surface area contributed by atoms with Crippen LogP contribution in [-0.2, 0) is 9.53 Å². The number of rotatable bonds is 8. The second-order valence-electron chi connectivity index (χ2n) is 7.98. The van der Waals surface area contributed by atoms with Crippen molar-refractivity contribution in [2.24, 2.45) is 5.92 Å². The summed E-state index contributed by atoms with van der Waals surface area (Å²) in [5, 5.41) is 3.16. The lowest BCUT2D eigenvalue weighted by Crippen LogP contribution is -2.39. The average Bonchev–Trinajstić information content (AvgIpc) is 2.77. The van der Waals surface area contributed by atoms with E-state index in [-0.39, 0.29) is 16.6 Å². The van der Waals surface area contributed by atoms with Gasteiger partial charge in [0.2, 0.25) is 0 Å². The number of halogens is 1. The summed E-state index contributed by atoms with van der Waals surface area (Å²) in [4.78, 5) is 25.4. The summed E-state index contributed by atoms with van der Waals surface area (Å²) >= 11 is 6.31. The van der Waals surface area contributed by atoms with Crippen LogP contribution < -0.4 is 19.5 Å². The Balaban J connectivity index is 1.66. The van der Waals surface area contributed by atoms with Gasteiger partial charge in [0, 0.05) is 12.0 Å². The smallest absolute Gasteiger partial charge is 0.339 e. The molecular formula is C24H28ClNO6. The number of nitrogens with one attached hydrogen (secondary N) is 1. The second kappa shape index (κ2) is 10.6. The number of benzene rings is 2. The van der Waals surface area contributed by atoms with Crippen LogP contribution in [0.15, 0.2) is 36.4 Å². The van der Waals surface area contributed by atoms with Gasteiger partial charge in [-0.2, -0.15) is 0 Å². The van der Waals surface area contributed by atoms with Crippen LogP contribution in [-0.4, -0.2) is 38.3 Å². The molecule has 0 bridgehead atoms. The molecule has 32 heavy (non-hydrogen) atoms. The third-order valence-electron chi connectivity index (χ3n) is 4.95. The first-order chi connectivity index (χ1) is 15.3. The largest absolute Gasteiger partial charge is 0.493 e. The van der Waals surface area contributed by atoms with E-state index in [2.05, 4.69) is 5.32 Å². The van der Waals surface area contributed by atoms with Gasteiger partial charge >= 0.3 is 5.97 Å². The number of esters is 1. The third-order valence-corrected chi connectivity index (χ3v) is 5.23. The molecule has 1 heterocycles. The zero-order valence-electron chi connectivity index (χ0n) is 18.6. The van der Waals surface area contributed by atoms with Crippen molar-refractivity contribution in [3.63, 3.8) is 0 Å². The SMILES string of the molecule is COc1cc(C(=O)OC(C)C(=O)NC2CCOc3ccccc32)cc(Cl)c1OCC(C)C. The van der Waals surface area contributed by atoms with Crippen molar-refractivity contribution in [1.82, 2.24) is 5.32 Å². The maximum absolute atomic E-state index is 12.7. The Morgan fingerprint density at radius 1 is 1.22 bits per heavy atom. The maximum Gasteiger partial charge on any atom is 0.339 e. The van der Waals surface area contributed by atoms with Crippen molar-refractivity contribution in [2.75, 3.05) is 20.3 Å². The molecule has 1 aliphatic rings. The molecule has 1 amide bonds. The van der Waals surface area contributed by atoms with Gasteiger partial charge in [0.05, 0.1) is 37.0 Å². The summed E-state index contributed by atoms with van der Waals surface area (Å²) in [6.07, 6.45) is -0.368. The van der Waals surface area contributed by atoms with Crippen LogP contribution in [0.5, 0.6) is 17.2 Å². The number of amides is 1. The molecule has 2 unspecified atom stereocenters. The maximum atomic E-state index is 12.7. The van der Waals surface area contributed by atoms with Gasteiger partial charge in [-0.3, -0.25) is 4.79 Å². The molecule has 0 saturated carbocycles. The number of carbonyl (C=O) groups is 2. The van der Waals surface area contributed by atoms with E-state index < -0.39 is 18.0 Å². The normalized spacial score (nSPS) is 15.9. The highest BCUT2D eigenvalue weighted by atomic mass is 35.5. The highest BCUT2D eigenvalue weighted by Crippen LogP contribution is 2.37. The minimum absolute atomic E-state index is 0.166. The minimum atomic E-state index is -1.00. The fourth-order valence-electron chi connectivity index (χ4n) is 3.29. The van der Waals surface area contributed by atoms with Crippen LogP contribution >= 0.6 is 11.6 Å². The lowest BCUT2D eigenvalue weighted by Gasteiger charge is -2.27. The number of carbonyl (C=O) groups excluding carboxylic acids is 2. The molecule has 0 aliphatic carbocycles. The highest BCUT2D eigenvalue weighted by molar-refractivity contribution is 6.32. The molecule has 7 nitrogen and oxygen atoms in total. The zero-order valence-corrected chi connectivity index (χ0v) is 19.4. The van der Waals surface area contributed by atoms with E-state index in [1.54, 1.807) is 0 Å². The highest BCUT2D eigenvalue weighted by Gasteiger charge is 2.27. The van der Waals surface area contributed by atoms with Crippen molar-refractivity contribution in [2.45, 2.75) is 39.3 Å². The van der Waals surface area contributed by atoms with Gasteiger partial charge in [0.1, 0.15) is 5.75 Å². The Bertz CT molecular complexity index is 977. The van der Waals surface area contributed by atoms with Crippen molar-refractivity contribution >= 4 is 23.5 Å². The average molecular weight is 462 g/mol. The van der Waals surface area contributed by atoms with E-state index in [0.717, 1.165) is 11.3 Å². The van der Waals surface area contributed by atoms with E-state index in [1.165, 1.54) is 26.2 Å². The number of methoxy groups -OCH3 is 1. The van der Waals surface area contributed by atoms with Crippen LogP contribution in [0.3, 0.4) is 0 Å². The van der Waals surface area contributed by atoms with Gasteiger partial charge in [-0.15, -0.1) is 0 Å². The molecule has 8 heteroatoms. The summed E-state index contributed by atoms with van der Waals surface area (Å²) in [5.41, 5.74) is 1.07. The number of fused-ring (bicyclic) bond motifs is 1. The monoisotopic (exact) mass is 461 g/mol. The Morgan fingerprint density at radius 2 is 1.97 bits per heavy atom. The van der Waals surface area contributed by atoms with Gasteiger partial charge in [-0.05, 0) is 31.0 Å². The lowest BCUT2D eigenvalue weighted by molar-refractivity contribution is -0.130. The molecular weight excluding hydrogens is 434 g/mol. The quantitative estimate of drug-likeness (QED) is 0.580. The van der Waals surface area contributed by atoms with Crippen LogP contribution in [0, 0.1) is 5.92 Å². The number of para-hydroxylation sites is 1. The molecule has 0 saturated heterocycles. The van der Waals surface area contributed by atoms with Crippen LogP contribution in [0.2, 0.25) is 5.02 Å². The Morgan fingerprint density at radius 3 is 2.69 bits per heavy atom. The Kier molecular flexibility index (Phi) is 7.85. The third kappa shape index (κ3) is 5.65. The zero-order chi connectivity index (χ0) is 23.3. The van der Waals surface area contributed by atoms with Crippen LogP contribution in [0.25, 0.3) is 0 Å². The Hall–Kier alpha value is -2.93. The fourth-order valence-corrected chi connectivity index (χ4v) is 3.56. The van der Waals surface area contributed by atoms with E-state index in [9.17, 15) is 9.59 Å². The molecule has 0 spiro atoms. The van der Waals surface area contributed by atoms with Crippen molar-refractivity contribution < 1.29 is 28.5 Å². The molecule has 0 radical (unpaired) electrons. The first kappa shape index (κ1) is 23.7. The van der Waals surface area contributed by atoms with Crippen LogP contribution in [0.1, 0.15) is 49.2 Å². The molecule has 172 valence electrons. The standard InChI is InChI=1S/C24H28ClNO6/c1-14(2)13-31-22-18(25)11-16(12-21(22)29-4)24(28)32-15(3)23(27)26-19-9-10-30-20-8-6-5-7-17(19)20/h5-8,11-12,14-15,19H,9-10,13H2,1-4H3,(H,26,27). The summed E-state index contributed by atoms with van der Waals surface area (Å²) in [7, 11) is 1.46. The molecule has 2 aromatic carbocycles. The van der Waals surface area contributed by atoms with E-state index in [4.69, 9.17) is 30.5 Å². The molecule has 2 atom stereocenters. The Labute approximate surface area is 192 Å². The molecule has 0 fully saturated rings. The second-order valence-corrected chi connectivity index (χ2v) is 8.39. The number of ether oxygens (including phenoxy) is 4. The van der Waals surface area contributed by atoms with E-state index in [0.29, 0.717) is 37.1 Å². The predicted molar refractivity (Wildman–Crippen MR) is 121 cm³/mol. The molecule has 0 aromatic heterocycles. The van der Waals surface area contributed by atoms with Crippen molar-refractivity contribution in [3.05, 3.63) is 52.5 Å². The predicted octanol–water partition coefficient (Wildman–Crippen LogP) is 4.57. The van der Waals surface area contributed by atoms with E-state index >= 15 is 0 Å². The van der Waals surface area contributed by atoms with Gasteiger partial charge in [-0.25, -0.2) is 4.79 Å². The first-order valence-electron chi connectivity index (χ1n) is 10.5. The summed E-state index contributed by atoms with van der Waals surface area (Å²) in [5.74, 6) is 0.646. The summed E-state index contributed by atoms with van der Waals surface area (Å²) < 4.78 is 22.0. The van der Waals surface area contributed by atoms with Crippen LogP contribution in [0.4, 0.5) is 0 Å². The number of hydrogen-bond acceptors (Lipinski definition) is 6.